The van der Waals surface area contributed by atoms with E-state index in [2.05, 4.69) is 10.3 Å². The van der Waals surface area contributed by atoms with Crippen molar-refractivity contribution in [3.05, 3.63) is 20.8 Å². The molecule has 2 N–H and O–H groups in total. The third kappa shape index (κ3) is 0.947. The number of aromatic amines is 1. The Kier molecular flexibility index (Phi) is 1.45. The van der Waals surface area contributed by atoms with Gasteiger partial charge in [0.2, 0.25) is 0 Å². The zero-order chi connectivity index (χ0) is 9.59. The fourth-order valence-corrected chi connectivity index (χ4v) is 1.49. The van der Waals surface area contributed by atoms with Crippen LogP contribution in [0.25, 0.3) is 0 Å². The average Bonchev–Trinajstić information content (AvgIpc) is 2.44. The second-order valence-electron chi connectivity index (χ2n) is 3.05. The first-order valence-electron chi connectivity index (χ1n) is 3.89. The Bertz CT molecular complexity index is 459. The summed E-state index contributed by atoms with van der Waals surface area (Å²) in [4.78, 5) is 26.5. The molecule has 0 atom stereocenters. The Morgan fingerprint density at radius 3 is 2.69 bits per heavy atom. The summed E-state index contributed by atoms with van der Waals surface area (Å²) in [6, 6.07) is 0. The minimum atomic E-state index is -0.390. The second kappa shape index (κ2) is 2.38. The van der Waals surface area contributed by atoms with E-state index in [9.17, 15) is 9.59 Å². The average molecular weight is 182 g/mol. The first-order chi connectivity index (χ1) is 6.11. The molecule has 0 fully saturated rings. The van der Waals surface area contributed by atoms with Gasteiger partial charge in [-0.25, -0.2) is 4.79 Å². The van der Waals surface area contributed by atoms with Crippen LogP contribution in [0.3, 0.4) is 0 Å². The van der Waals surface area contributed by atoms with Crippen molar-refractivity contribution < 1.29 is 0 Å². The SMILES string of the molecule is CN1CNc2c1n(C)c(=O)[nH]c2=O. The number of nitrogens with one attached hydrogen (secondary N) is 2. The zero-order valence-corrected chi connectivity index (χ0v) is 7.42. The van der Waals surface area contributed by atoms with Gasteiger partial charge >= 0.3 is 5.69 Å². The van der Waals surface area contributed by atoms with Crippen LogP contribution < -0.4 is 21.5 Å². The van der Waals surface area contributed by atoms with Crippen molar-refractivity contribution in [3.63, 3.8) is 0 Å². The number of hydrogen-bond acceptors (Lipinski definition) is 4. The van der Waals surface area contributed by atoms with Crippen LogP contribution in [-0.2, 0) is 7.05 Å². The number of aromatic nitrogens is 2. The van der Waals surface area contributed by atoms with Gasteiger partial charge in [0.05, 0.1) is 6.67 Å². The van der Waals surface area contributed by atoms with E-state index >= 15 is 0 Å². The fourth-order valence-electron chi connectivity index (χ4n) is 1.49. The minimum Gasteiger partial charge on any atom is -0.360 e. The quantitative estimate of drug-likeness (QED) is 0.534. The van der Waals surface area contributed by atoms with Crippen LogP contribution in [0.15, 0.2) is 9.59 Å². The Balaban J connectivity index is 2.86. The normalized spacial score (nSPS) is 14.2. The van der Waals surface area contributed by atoms with Gasteiger partial charge in [-0.05, 0) is 0 Å². The van der Waals surface area contributed by atoms with Crippen molar-refractivity contribution >= 4 is 11.5 Å². The molecule has 1 aromatic rings. The van der Waals surface area contributed by atoms with Crippen LogP contribution in [0.5, 0.6) is 0 Å². The number of anilines is 2. The molecule has 0 amide bonds. The molecule has 0 saturated carbocycles. The zero-order valence-electron chi connectivity index (χ0n) is 7.42. The topological polar surface area (TPSA) is 70.1 Å². The molecule has 1 aliphatic heterocycles. The van der Waals surface area contributed by atoms with Crippen molar-refractivity contribution in [1.82, 2.24) is 9.55 Å². The first-order valence-corrected chi connectivity index (χ1v) is 3.89. The largest absolute Gasteiger partial charge is 0.360 e. The molecule has 13 heavy (non-hydrogen) atoms. The maximum atomic E-state index is 11.3. The number of nitrogens with zero attached hydrogens (tertiary/aromatic N) is 2. The molecular weight excluding hydrogens is 172 g/mol. The summed E-state index contributed by atoms with van der Waals surface area (Å²) < 4.78 is 1.41. The van der Waals surface area contributed by atoms with E-state index in [0.717, 1.165) is 0 Å². The lowest BCUT2D eigenvalue weighted by atomic mass is 10.4. The molecule has 2 heterocycles. The Morgan fingerprint density at radius 2 is 2.00 bits per heavy atom. The molecule has 0 aliphatic carbocycles. The molecule has 6 nitrogen and oxygen atoms in total. The molecule has 2 rings (SSSR count). The smallest absolute Gasteiger partial charge is 0.329 e. The summed E-state index contributed by atoms with van der Waals surface area (Å²) in [5.41, 5.74) is -0.286. The van der Waals surface area contributed by atoms with Crippen LogP contribution in [0.4, 0.5) is 11.5 Å². The van der Waals surface area contributed by atoms with Gasteiger partial charge in [0.25, 0.3) is 5.56 Å². The van der Waals surface area contributed by atoms with Gasteiger partial charge in [-0.15, -0.1) is 0 Å². The van der Waals surface area contributed by atoms with Crippen LogP contribution in [0, 0.1) is 0 Å². The molecule has 70 valence electrons. The highest BCUT2D eigenvalue weighted by Crippen LogP contribution is 2.22. The molecule has 1 aliphatic rings. The van der Waals surface area contributed by atoms with E-state index in [4.69, 9.17) is 0 Å². The number of fused-ring (bicyclic) bond motifs is 1. The van der Waals surface area contributed by atoms with Crippen LogP contribution >= 0.6 is 0 Å². The summed E-state index contributed by atoms with van der Waals surface area (Å²) in [5, 5.41) is 2.91. The van der Waals surface area contributed by atoms with Crippen LogP contribution in [0.1, 0.15) is 0 Å². The van der Waals surface area contributed by atoms with Crippen LogP contribution in [-0.4, -0.2) is 23.3 Å². The lowest BCUT2D eigenvalue weighted by molar-refractivity contribution is 0.790. The maximum Gasteiger partial charge on any atom is 0.329 e. The van der Waals surface area contributed by atoms with Gasteiger partial charge < -0.3 is 10.2 Å². The highest BCUT2D eigenvalue weighted by Gasteiger charge is 2.21. The van der Waals surface area contributed by atoms with Gasteiger partial charge in [-0.3, -0.25) is 14.3 Å². The predicted octanol–water partition coefficient (Wildman–Crippen LogP) is -1.11. The standard InChI is InChI=1S/C7H10N4O2/c1-10-3-8-4-5(12)9-7(13)11(2)6(4)10/h8H,3H2,1-2H3,(H,9,12,13). The molecule has 0 bridgehead atoms. The van der Waals surface area contributed by atoms with E-state index < -0.39 is 0 Å². The molecular formula is C7H10N4O2. The third-order valence-electron chi connectivity index (χ3n) is 2.15. The summed E-state index contributed by atoms with van der Waals surface area (Å²) in [5.74, 6) is 0.633. The van der Waals surface area contributed by atoms with Crippen molar-refractivity contribution in [3.8, 4) is 0 Å². The fraction of sp³-hybridized carbons (Fsp3) is 0.429. The highest BCUT2D eigenvalue weighted by molar-refractivity contribution is 5.69. The summed E-state index contributed by atoms with van der Waals surface area (Å²) >= 11 is 0. The van der Waals surface area contributed by atoms with Crippen LogP contribution in [0.2, 0.25) is 0 Å². The van der Waals surface area contributed by atoms with Crippen molar-refractivity contribution in [2.75, 3.05) is 23.9 Å². The Hall–Kier alpha value is -1.72. The molecule has 0 spiro atoms. The summed E-state index contributed by atoms with van der Waals surface area (Å²) in [7, 11) is 3.44. The van der Waals surface area contributed by atoms with E-state index in [1.54, 1.807) is 7.05 Å². The molecule has 6 heteroatoms. The Labute approximate surface area is 73.8 Å². The third-order valence-corrected chi connectivity index (χ3v) is 2.15. The Morgan fingerprint density at radius 1 is 1.31 bits per heavy atom. The van der Waals surface area contributed by atoms with E-state index in [-0.39, 0.29) is 11.2 Å². The molecule has 0 saturated heterocycles. The van der Waals surface area contributed by atoms with E-state index in [0.29, 0.717) is 18.2 Å². The number of hydrogen-bond donors (Lipinski definition) is 2. The molecule has 0 radical (unpaired) electrons. The lowest BCUT2D eigenvalue weighted by Gasteiger charge is -2.12. The summed E-state index contributed by atoms with van der Waals surface area (Å²) in [6.07, 6.45) is 0. The maximum absolute atomic E-state index is 11.3. The van der Waals surface area contributed by atoms with Crippen molar-refractivity contribution in [2.24, 2.45) is 7.05 Å². The molecule has 0 aromatic carbocycles. The van der Waals surface area contributed by atoms with Gasteiger partial charge in [0.1, 0.15) is 11.5 Å². The van der Waals surface area contributed by atoms with Gasteiger partial charge in [0.15, 0.2) is 0 Å². The van der Waals surface area contributed by atoms with Gasteiger partial charge in [0, 0.05) is 14.1 Å². The minimum absolute atomic E-state index is 0.359. The van der Waals surface area contributed by atoms with Crippen molar-refractivity contribution in [2.45, 2.75) is 0 Å². The summed E-state index contributed by atoms with van der Waals surface area (Å²) in [6.45, 7) is 0.551. The van der Waals surface area contributed by atoms with Gasteiger partial charge in [-0.1, -0.05) is 0 Å². The van der Waals surface area contributed by atoms with Gasteiger partial charge in [-0.2, -0.15) is 0 Å². The number of rotatable bonds is 0. The highest BCUT2D eigenvalue weighted by atomic mass is 16.2. The van der Waals surface area contributed by atoms with E-state index in [1.807, 2.05) is 11.9 Å². The monoisotopic (exact) mass is 182 g/mol. The predicted molar refractivity (Wildman–Crippen MR) is 49.2 cm³/mol. The second-order valence-corrected chi connectivity index (χ2v) is 3.05. The molecule has 0 unspecified atom stereocenters. The first kappa shape index (κ1) is 7.90. The number of H-pyrrole nitrogens is 1. The van der Waals surface area contributed by atoms with E-state index in [1.165, 1.54) is 4.57 Å². The molecule has 1 aromatic heterocycles. The lowest BCUT2D eigenvalue weighted by Crippen LogP contribution is -2.30. The van der Waals surface area contributed by atoms with Crippen molar-refractivity contribution in [1.29, 1.82) is 0 Å².